The lowest BCUT2D eigenvalue weighted by atomic mass is 10.3. The van der Waals surface area contributed by atoms with E-state index < -0.39 is 0 Å². The second-order valence-electron chi connectivity index (χ2n) is 5.20. The number of carbonyl (C=O) groups excluding carboxylic acids is 1. The number of fused-ring (bicyclic) bond motifs is 1. The minimum absolute atomic E-state index is 0.260. The number of furan rings is 1. The maximum absolute atomic E-state index is 12.4. The maximum Gasteiger partial charge on any atom is 0.271 e. The first-order valence-electron chi connectivity index (χ1n) is 7.32. The number of hydrogen-bond donors (Lipinski definition) is 1. The van der Waals surface area contributed by atoms with Crippen LogP contribution in [0.2, 0.25) is 0 Å². The van der Waals surface area contributed by atoms with Gasteiger partial charge in [0, 0.05) is 11.6 Å². The van der Waals surface area contributed by atoms with Crippen LogP contribution in [-0.2, 0) is 0 Å². The van der Waals surface area contributed by atoms with Gasteiger partial charge in [0.1, 0.15) is 5.69 Å². The summed E-state index contributed by atoms with van der Waals surface area (Å²) in [5, 5.41) is 13.5. The number of pyridine rings is 1. The van der Waals surface area contributed by atoms with Crippen molar-refractivity contribution in [1.82, 2.24) is 24.9 Å². The molecule has 0 aliphatic rings. The molecule has 0 bridgehead atoms. The van der Waals surface area contributed by atoms with Crippen molar-refractivity contribution >= 4 is 22.9 Å². The van der Waals surface area contributed by atoms with E-state index in [1.807, 2.05) is 41.8 Å². The highest BCUT2D eigenvalue weighted by Gasteiger charge is 2.19. The number of carbonyl (C=O) groups is 1. The molecule has 4 heterocycles. The third-order valence-electron chi connectivity index (χ3n) is 3.54. The number of nitrogens with zero attached hydrogens (tertiary/aromatic N) is 4. The molecule has 24 heavy (non-hydrogen) atoms. The molecular formula is C16H13N5O2S. The summed E-state index contributed by atoms with van der Waals surface area (Å²) in [4.78, 5) is 16.7. The largest absolute Gasteiger partial charge is 0.462 e. The number of amides is 1. The number of aromatic nitrogens is 4. The molecule has 4 aromatic heterocycles. The molecule has 7 nitrogen and oxygen atoms in total. The van der Waals surface area contributed by atoms with E-state index in [1.54, 1.807) is 17.7 Å². The Bertz CT molecular complexity index is 989. The minimum atomic E-state index is -0.302. The van der Waals surface area contributed by atoms with Crippen LogP contribution in [0.5, 0.6) is 0 Å². The Morgan fingerprint density at radius 2 is 2.21 bits per heavy atom. The van der Waals surface area contributed by atoms with E-state index in [1.165, 1.54) is 11.3 Å². The highest BCUT2D eigenvalue weighted by Crippen LogP contribution is 2.24. The number of hydrogen-bond acceptors (Lipinski definition) is 6. The molecule has 0 aliphatic carbocycles. The van der Waals surface area contributed by atoms with Gasteiger partial charge in [-0.1, -0.05) is 6.07 Å². The molecule has 0 spiro atoms. The van der Waals surface area contributed by atoms with Crippen LogP contribution in [0.15, 0.2) is 52.6 Å². The van der Waals surface area contributed by atoms with Gasteiger partial charge in [0.15, 0.2) is 22.2 Å². The molecule has 0 aliphatic heterocycles. The average molecular weight is 339 g/mol. The van der Waals surface area contributed by atoms with Crippen molar-refractivity contribution in [3.05, 3.63) is 59.7 Å². The van der Waals surface area contributed by atoms with Crippen LogP contribution in [0.3, 0.4) is 0 Å². The Morgan fingerprint density at radius 3 is 3.04 bits per heavy atom. The fourth-order valence-corrected chi connectivity index (χ4v) is 3.15. The van der Waals surface area contributed by atoms with Crippen LogP contribution in [-0.4, -0.2) is 25.5 Å². The lowest BCUT2D eigenvalue weighted by molar-refractivity contribution is 0.0934. The van der Waals surface area contributed by atoms with E-state index in [2.05, 4.69) is 20.5 Å². The summed E-state index contributed by atoms with van der Waals surface area (Å²) < 4.78 is 7.14. The molecule has 0 saturated heterocycles. The van der Waals surface area contributed by atoms with Crippen molar-refractivity contribution in [2.24, 2.45) is 0 Å². The van der Waals surface area contributed by atoms with Gasteiger partial charge in [0.05, 0.1) is 12.3 Å². The van der Waals surface area contributed by atoms with Crippen molar-refractivity contribution in [2.75, 3.05) is 0 Å². The summed E-state index contributed by atoms with van der Waals surface area (Å²) in [7, 11) is 0. The monoisotopic (exact) mass is 339 g/mol. The van der Waals surface area contributed by atoms with Gasteiger partial charge < -0.3 is 9.73 Å². The lowest BCUT2D eigenvalue weighted by Crippen LogP contribution is -2.28. The first-order chi connectivity index (χ1) is 11.7. The maximum atomic E-state index is 12.4. The Morgan fingerprint density at radius 1 is 1.29 bits per heavy atom. The molecule has 8 heteroatoms. The summed E-state index contributed by atoms with van der Waals surface area (Å²) >= 11 is 1.36. The Balaban J connectivity index is 1.53. The van der Waals surface area contributed by atoms with Crippen LogP contribution >= 0.6 is 11.3 Å². The molecular weight excluding hydrogens is 326 g/mol. The van der Waals surface area contributed by atoms with Crippen molar-refractivity contribution in [2.45, 2.75) is 13.0 Å². The van der Waals surface area contributed by atoms with Crippen LogP contribution in [0.4, 0.5) is 0 Å². The highest BCUT2D eigenvalue weighted by atomic mass is 32.1. The first-order valence-corrected chi connectivity index (χ1v) is 8.20. The second kappa shape index (κ2) is 5.89. The van der Waals surface area contributed by atoms with Gasteiger partial charge in [0.25, 0.3) is 5.91 Å². The molecule has 0 saturated carbocycles. The van der Waals surface area contributed by atoms with Gasteiger partial charge in [-0.25, -0.2) is 4.98 Å². The van der Waals surface area contributed by atoms with Crippen LogP contribution < -0.4 is 5.32 Å². The third kappa shape index (κ3) is 2.56. The summed E-state index contributed by atoms with van der Waals surface area (Å²) in [5.41, 5.74) is 1.09. The predicted octanol–water partition coefficient (Wildman–Crippen LogP) is 2.94. The standard InChI is InChI=1S/C16H13N5O2S/c1-10(14-20-19-13-6-2-3-7-21(13)14)17-15(22)11-9-24-16(18-11)12-5-4-8-23-12/h2-10H,1H3,(H,17,22). The predicted molar refractivity (Wildman–Crippen MR) is 88.7 cm³/mol. The van der Waals surface area contributed by atoms with Gasteiger partial charge in [-0.05, 0) is 31.2 Å². The van der Waals surface area contributed by atoms with Gasteiger partial charge >= 0.3 is 0 Å². The zero-order chi connectivity index (χ0) is 16.5. The van der Waals surface area contributed by atoms with Crippen molar-refractivity contribution in [3.8, 4) is 10.8 Å². The Kier molecular flexibility index (Phi) is 3.58. The quantitative estimate of drug-likeness (QED) is 0.618. The smallest absolute Gasteiger partial charge is 0.271 e. The average Bonchev–Trinajstić information content (AvgIpc) is 3.33. The third-order valence-corrected chi connectivity index (χ3v) is 4.40. The zero-order valence-corrected chi connectivity index (χ0v) is 13.5. The summed E-state index contributed by atoms with van der Waals surface area (Å²) in [6.45, 7) is 1.86. The van der Waals surface area contributed by atoms with Gasteiger partial charge in [-0.3, -0.25) is 9.20 Å². The molecule has 1 N–H and O–H groups in total. The second-order valence-corrected chi connectivity index (χ2v) is 6.06. The molecule has 1 atom stereocenters. The van der Waals surface area contributed by atoms with Crippen molar-refractivity contribution < 1.29 is 9.21 Å². The highest BCUT2D eigenvalue weighted by molar-refractivity contribution is 7.13. The summed E-state index contributed by atoms with van der Waals surface area (Å²) in [5.74, 6) is 1.06. The first kappa shape index (κ1) is 14.6. The summed E-state index contributed by atoms with van der Waals surface area (Å²) in [6, 6.07) is 8.94. The molecule has 120 valence electrons. The van der Waals surface area contributed by atoms with E-state index in [-0.39, 0.29) is 11.9 Å². The minimum Gasteiger partial charge on any atom is -0.462 e. The van der Waals surface area contributed by atoms with E-state index >= 15 is 0 Å². The summed E-state index contributed by atoms with van der Waals surface area (Å²) in [6.07, 6.45) is 3.44. The van der Waals surface area contributed by atoms with Gasteiger partial charge in [0.2, 0.25) is 0 Å². The fourth-order valence-electron chi connectivity index (χ4n) is 2.38. The van der Waals surface area contributed by atoms with Crippen LogP contribution in [0.1, 0.15) is 29.3 Å². The van der Waals surface area contributed by atoms with E-state index in [9.17, 15) is 4.79 Å². The normalized spacial score (nSPS) is 12.4. The molecule has 1 amide bonds. The molecule has 1 unspecified atom stereocenters. The Labute approximate surface area is 141 Å². The number of nitrogens with one attached hydrogen (secondary N) is 1. The van der Waals surface area contributed by atoms with Gasteiger partial charge in [-0.2, -0.15) is 0 Å². The van der Waals surface area contributed by atoms with Crippen LogP contribution in [0.25, 0.3) is 16.4 Å². The fraction of sp³-hybridized carbons (Fsp3) is 0.125. The SMILES string of the molecule is CC(NC(=O)c1csc(-c2ccco2)n1)c1nnc2ccccn12. The molecule has 4 rings (SSSR count). The van der Waals surface area contributed by atoms with Crippen molar-refractivity contribution in [3.63, 3.8) is 0 Å². The molecule has 0 aromatic carbocycles. The number of rotatable bonds is 4. The van der Waals surface area contributed by atoms with E-state index in [0.717, 1.165) is 5.65 Å². The zero-order valence-electron chi connectivity index (χ0n) is 12.7. The van der Waals surface area contributed by atoms with E-state index in [4.69, 9.17) is 4.42 Å². The topological polar surface area (TPSA) is 85.3 Å². The lowest BCUT2D eigenvalue weighted by Gasteiger charge is -2.11. The van der Waals surface area contributed by atoms with Crippen molar-refractivity contribution in [1.29, 1.82) is 0 Å². The van der Waals surface area contributed by atoms with Gasteiger partial charge in [-0.15, -0.1) is 21.5 Å². The molecule has 4 aromatic rings. The van der Waals surface area contributed by atoms with Crippen LogP contribution in [0, 0.1) is 0 Å². The molecule has 0 radical (unpaired) electrons. The molecule has 0 fully saturated rings. The van der Waals surface area contributed by atoms with E-state index in [0.29, 0.717) is 22.3 Å². The Hall–Kier alpha value is -3.00. The number of thiazole rings is 1.